The minimum Gasteiger partial charge on any atom is -0.455 e. The van der Waals surface area contributed by atoms with E-state index in [2.05, 4.69) is 10.3 Å². The van der Waals surface area contributed by atoms with Gasteiger partial charge in [-0.3, -0.25) is 0 Å². The number of aromatic nitrogens is 1. The normalized spacial score (nSPS) is 10.4. The van der Waals surface area contributed by atoms with Gasteiger partial charge in [0.15, 0.2) is 5.13 Å². The Morgan fingerprint density at radius 3 is 2.50 bits per heavy atom. The quantitative estimate of drug-likeness (QED) is 0.690. The number of nitrogens with one attached hydrogen (secondary N) is 1. The number of benzene rings is 2. The van der Waals surface area contributed by atoms with Gasteiger partial charge in [-0.2, -0.15) is 0 Å². The number of rotatable bonds is 5. The number of hydrogen-bond donors (Lipinski definition) is 1. The van der Waals surface area contributed by atoms with Crippen molar-refractivity contribution in [1.82, 2.24) is 4.98 Å². The fourth-order valence-electron chi connectivity index (χ4n) is 1.98. The fraction of sp³-hybridized carbons (Fsp3) is 0.0588. The number of halogens is 2. The van der Waals surface area contributed by atoms with Crippen LogP contribution < -0.4 is 5.32 Å². The molecule has 0 saturated heterocycles. The molecule has 1 N–H and O–H groups in total. The molecular weight excluding hydrogens is 334 g/mol. The van der Waals surface area contributed by atoms with E-state index in [0.29, 0.717) is 10.8 Å². The molecule has 0 aliphatic heterocycles. The molecule has 0 fully saturated rings. The third-order valence-corrected chi connectivity index (χ3v) is 3.90. The smallest absolute Gasteiger partial charge is 0.344 e. The lowest BCUT2D eigenvalue weighted by molar-refractivity contribution is 0.0457. The van der Waals surface area contributed by atoms with Crippen LogP contribution in [-0.4, -0.2) is 11.0 Å². The second kappa shape index (κ2) is 7.18. The summed E-state index contributed by atoms with van der Waals surface area (Å²) in [7, 11) is 0. The largest absolute Gasteiger partial charge is 0.455 e. The van der Waals surface area contributed by atoms with Gasteiger partial charge in [0.1, 0.15) is 23.8 Å². The van der Waals surface area contributed by atoms with E-state index in [1.165, 1.54) is 17.4 Å². The standard InChI is InChI=1S/C17H12F2N2O2S/c18-13-7-4-8-14(19)15(13)16(22)23-9-12-10-24-17(21-12)20-11-5-2-1-3-6-11/h1-8,10H,9H2,(H,20,21). The molecule has 0 unspecified atom stereocenters. The molecule has 0 atom stereocenters. The topological polar surface area (TPSA) is 51.2 Å². The maximum atomic E-state index is 13.5. The van der Waals surface area contributed by atoms with Gasteiger partial charge >= 0.3 is 5.97 Å². The third-order valence-electron chi connectivity index (χ3n) is 3.09. The van der Waals surface area contributed by atoms with Crippen molar-refractivity contribution in [2.24, 2.45) is 0 Å². The Labute approximate surface area is 140 Å². The van der Waals surface area contributed by atoms with Gasteiger partial charge in [-0.25, -0.2) is 18.6 Å². The molecule has 2 aromatic carbocycles. The summed E-state index contributed by atoms with van der Waals surface area (Å²) in [6.07, 6.45) is 0. The van der Waals surface area contributed by atoms with Crippen molar-refractivity contribution in [1.29, 1.82) is 0 Å². The highest BCUT2D eigenvalue weighted by atomic mass is 32.1. The van der Waals surface area contributed by atoms with Crippen molar-refractivity contribution in [3.8, 4) is 0 Å². The van der Waals surface area contributed by atoms with Crippen molar-refractivity contribution < 1.29 is 18.3 Å². The van der Waals surface area contributed by atoms with Crippen molar-refractivity contribution in [3.05, 3.63) is 76.8 Å². The van der Waals surface area contributed by atoms with Gasteiger partial charge in [-0.1, -0.05) is 24.3 Å². The minimum atomic E-state index is -1.06. The molecule has 0 bridgehead atoms. The molecule has 1 heterocycles. The van der Waals surface area contributed by atoms with Crippen LogP contribution in [0.2, 0.25) is 0 Å². The maximum absolute atomic E-state index is 13.5. The van der Waals surface area contributed by atoms with E-state index in [9.17, 15) is 13.6 Å². The summed E-state index contributed by atoms with van der Waals surface area (Å²) in [4.78, 5) is 16.1. The van der Waals surface area contributed by atoms with E-state index < -0.39 is 23.2 Å². The summed E-state index contributed by atoms with van der Waals surface area (Å²) in [6, 6.07) is 12.7. The first-order valence-corrected chi connectivity index (χ1v) is 7.89. The predicted molar refractivity (Wildman–Crippen MR) is 87.3 cm³/mol. The van der Waals surface area contributed by atoms with E-state index in [4.69, 9.17) is 4.74 Å². The number of esters is 1. The van der Waals surface area contributed by atoms with Crippen LogP contribution in [0, 0.1) is 11.6 Å². The molecule has 0 aliphatic carbocycles. The van der Waals surface area contributed by atoms with Gasteiger partial charge in [0.25, 0.3) is 0 Å². The Kier molecular flexibility index (Phi) is 4.81. The molecular formula is C17H12F2N2O2S. The summed E-state index contributed by atoms with van der Waals surface area (Å²) in [5, 5.41) is 5.44. The number of anilines is 2. The SMILES string of the molecule is O=C(OCc1csc(Nc2ccccc2)n1)c1c(F)cccc1F. The van der Waals surface area contributed by atoms with Crippen LogP contribution in [0.15, 0.2) is 53.9 Å². The zero-order valence-corrected chi connectivity index (χ0v) is 13.1. The molecule has 0 spiro atoms. The number of ether oxygens (including phenoxy) is 1. The van der Waals surface area contributed by atoms with Crippen LogP contribution in [0.1, 0.15) is 16.1 Å². The van der Waals surface area contributed by atoms with Crippen molar-refractivity contribution in [2.45, 2.75) is 6.61 Å². The highest BCUT2D eigenvalue weighted by Crippen LogP contribution is 2.21. The highest BCUT2D eigenvalue weighted by Gasteiger charge is 2.18. The monoisotopic (exact) mass is 346 g/mol. The zero-order chi connectivity index (χ0) is 16.9. The number of hydrogen-bond acceptors (Lipinski definition) is 5. The van der Waals surface area contributed by atoms with Gasteiger partial charge in [-0.15, -0.1) is 11.3 Å². The molecule has 24 heavy (non-hydrogen) atoms. The summed E-state index contributed by atoms with van der Waals surface area (Å²) in [6.45, 7) is -0.167. The van der Waals surface area contributed by atoms with Crippen LogP contribution in [0.25, 0.3) is 0 Å². The first-order chi connectivity index (χ1) is 11.6. The van der Waals surface area contributed by atoms with E-state index in [-0.39, 0.29) is 6.61 Å². The predicted octanol–water partition coefficient (Wildman–Crippen LogP) is 4.52. The molecule has 3 rings (SSSR count). The highest BCUT2D eigenvalue weighted by molar-refractivity contribution is 7.13. The Morgan fingerprint density at radius 1 is 1.08 bits per heavy atom. The Bertz CT molecular complexity index is 833. The minimum absolute atomic E-state index is 0.167. The van der Waals surface area contributed by atoms with Crippen LogP contribution in [-0.2, 0) is 11.3 Å². The molecule has 1 aromatic heterocycles. The first-order valence-electron chi connectivity index (χ1n) is 7.01. The number of para-hydroxylation sites is 1. The molecule has 0 amide bonds. The molecule has 0 saturated carbocycles. The van der Waals surface area contributed by atoms with Crippen molar-refractivity contribution in [2.75, 3.05) is 5.32 Å². The van der Waals surface area contributed by atoms with E-state index in [1.54, 1.807) is 5.38 Å². The average molecular weight is 346 g/mol. The van der Waals surface area contributed by atoms with Crippen LogP contribution in [0.4, 0.5) is 19.6 Å². The fourth-order valence-corrected chi connectivity index (χ4v) is 2.70. The lowest BCUT2D eigenvalue weighted by atomic mass is 10.2. The molecule has 7 heteroatoms. The maximum Gasteiger partial charge on any atom is 0.344 e. The first kappa shape index (κ1) is 16.1. The Hall–Kier alpha value is -2.80. The van der Waals surface area contributed by atoms with Crippen molar-refractivity contribution >= 4 is 28.1 Å². The van der Waals surface area contributed by atoms with Crippen LogP contribution in [0.5, 0.6) is 0 Å². The number of carbonyl (C=O) groups is 1. The third kappa shape index (κ3) is 3.75. The second-order valence-electron chi connectivity index (χ2n) is 4.81. The number of nitrogens with zero attached hydrogens (tertiary/aromatic N) is 1. The molecule has 0 radical (unpaired) electrons. The van der Waals surface area contributed by atoms with Gasteiger partial charge in [0.2, 0.25) is 0 Å². The van der Waals surface area contributed by atoms with Gasteiger partial charge < -0.3 is 10.1 Å². The van der Waals surface area contributed by atoms with Gasteiger partial charge in [-0.05, 0) is 24.3 Å². The number of thiazole rings is 1. The summed E-state index contributed by atoms with van der Waals surface area (Å²) < 4.78 is 32.0. The zero-order valence-electron chi connectivity index (χ0n) is 12.3. The molecule has 4 nitrogen and oxygen atoms in total. The van der Waals surface area contributed by atoms with Gasteiger partial charge in [0, 0.05) is 11.1 Å². The summed E-state index contributed by atoms with van der Waals surface area (Å²) >= 11 is 1.34. The van der Waals surface area contributed by atoms with E-state index >= 15 is 0 Å². The van der Waals surface area contributed by atoms with Crippen molar-refractivity contribution in [3.63, 3.8) is 0 Å². The van der Waals surface area contributed by atoms with Crippen LogP contribution >= 0.6 is 11.3 Å². The van der Waals surface area contributed by atoms with Gasteiger partial charge in [0.05, 0.1) is 5.69 Å². The molecule has 0 aliphatic rings. The lowest BCUT2D eigenvalue weighted by Crippen LogP contribution is -2.10. The Morgan fingerprint density at radius 2 is 1.79 bits per heavy atom. The average Bonchev–Trinajstić information content (AvgIpc) is 3.01. The molecule has 122 valence electrons. The Balaban J connectivity index is 1.62. The second-order valence-corrected chi connectivity index (χ2v) is 5.67. The lowest BCUT2D eigenvalue weighted by Gasteiger charge is -2.05. The number of carbonyl (C=O) groups excluding carboxylic acids is 1. The van der Waals surface area contributed by atoms with Crippen LogP contribution in [0.3, 0.4) is 0 Å². The van der Waals surface area contributed by atoms with E-state index in [0.717, 1.165) is 17.8 Å². The molecule has 3 aromatic rings. The summed E-state index contributed by atoms with van der Waals surface area (Å²) in [5.41, 5.74) is 0.669. The van der Waals surface area contributed by atoms with E-state index in [1.807, 2.05) is 30.3 Å². The summed E-state index contributed by atoms with van der Waals surface area (Å²) in [5.74, 6) is -2.97.